The summed E-state index contributed by atoms with van der Waals surface area (Å²) in [6.45, 7) is 7.96. The Hall–Kier alpha value is -2.74. The van der Waals surface area contributed by atoms with Gasteiger partial charge in [0.05, 0.1) is 13.7 Å². The van der Waals surface area contributed by atoms with Crippen LogP contribution < -0.4 is 14.2 Å². The molecule has 0 aliphatic rings. The number of amides is 2. The molecule has 0 heterocycles. The number of rotatable bonds is 9. The van der Waals surface area contributed by atoms with Crippen molar-refractivity contribution in [3.05, 3.63) is 54.1 Å². The highest BCUT2D eigenvalue weighted by Gasteiger charge is 2.23. The minimum Gasteiger partial charge on any atom is -0.497 e. The van der Waals surface area contributed by atoms with Crippen molar-refractivity contribution >= 4 is 16.1 Å². The molecule has 0 unspecified atom stereocenters. The molecule has 0 saturated heterocycles. The van der Waals surface area contributed by atoms with Gasteiger partial charge in [0.25, 0.3) is 0 Å². The van der Waals surface area contributed by atoms with Gasteiger partial charge < -0.3 is 19.1 Å². The number of urea groups is 1. The van der Waals surface area contributed by atoms with Crippen molar-refractivity contribution in [1.82, 2.24) is 10.2 Å². The first kappa shape index (κ1) is 23.5. The summed E-state index contributed by atoms with van der Waals surface area (Å²) in [6.07, 6.45) is 0.763. The molecule has 2 amide bonds. The van der Waals surface area contributed by atoms with Gasteiger partial charge in [-0.25, -0.2) is 4.79 Å². The number of methoxy groups -OCH3 is 1. The highest BCUT2D eigenvalue weighted by atomic mass is 32.2. The molecular formula is C22H30N2O5S. The number of benzene rings is 2. The predicted octanol–water partition coefficient (Wildman–Crippen LogP) is 4.18. The largest absolute Gasteiger partial charge is 0.497 e. The number of ether oxygens (including phenoxy) is 1. The molecule has 2 rings (SSSR count). The van der Waals surface area contributed by atoms with Crippen LogP contribution >= 0.6 is 0 Å². The molecule has 0 spiro atoms. The fourth-order valence-electron chi connectivity index (χ4n) is 2.79. The van der Waals surface area contributed by atoms with Gasteiger partial charge in [0, 0.05) is 17.6 Å². The normalized spacial score (nSPS) is 12.3. The molecule has 0 aliphatic heterocycles. The summed E-state index contributed by atoms with van der Waals surface area (Å²) in [6, 6.07) is 12.6. The molecule has 0 bridgehead atoms. The Labute approximate surface area is 179 Å². The Morgan fingerprint density at radius 2 is 1.70 bits per heavy atom. The fraction of sp³-hybridized carbons (Fsp3) is 0.409. The molecule has 0 fully saturated rings. The van der Waals surface area contributed by atoms with Crippen LogP contribution in [0.1, 0.15) is 39.7 Å². The molecule has 164 valence electrons. The minimum atomic E-state index is -4.04. The van der Waals surface area contributed by atoms with Gasteiger partial charge in [-0.15, -0.1) is 0 Å². The predicted molar refractivity (Wildman–Crippen MR) is 116 cm³/mol. The van der Waals surface area contributed by atoms with E-state index in [4.69, 9.17) is 8.92 Å². The highest BCUT2D eigenvalue weighted by Crippen LogP contribution is 2.26. The first-order valence-electron chi connectivity index (χ1n) is 9.91. The van der Waals surface area contributed by atoms with E-state index in [-0.39, 0.29) is 35.3 Å². The molecule has 0 aliphatic carbocycles. The monoisotopic (exact) mass is 434 g/mol. The molecule has 0 radical (unpaired) electrons. The summed E-state index contributed by atoms with van der Waals surface area (Å²) in [4.78, 5) is 14.4. The van der Waals surface area contributed by atoms with Gasteiger partial charge >= 0.3 is 16.1 Å². The van der Waals surface area contributed by atoms with Crippen molar-refractivity contribution in [1.29, 1.82) is 0 Å². The average molecular weight is 435 g/mol. The summed E-state index contributed by atoms with van der Waals surface area (Å²) in [5, 5.41) is 2.90. The van der Waals surface area contributed by atoms with Crippen molar-refractivity contribution in [3.8, 4) is 11.5 Å². The molecule has 1 atom stereocenters. The summed E-state index contributed by atoms with van der Waals surface area (Å²) in [5.74, 6) is 0.744. The Morgan fingerprint density at radius 3 is 2.27 bits per heavy atom. The van der Waals surface area contributed by atoms with Crippen LogP contribution in [-0.4, -0.2) is 38.5 Å². The number of para-hydroxylation sites is 1. The van der Waals surface area contributed by atoms with E-state index in [1.807, 2.05) is 27.7 Å². The Morgan fingerprint density at radius 1 is 1.07 bits per heavy atom. The molecule has 7 nitrogen and oxygen atoms in total. The third kappa shape index (κ3) is 6.13. The fourth-order valence-corrected chi connectivity index (χ4v) is 3.75. The van der Waals surface area contributed by atoms with Crippen molar-refractivity contribution in [2.45, 2.75) is 57.6 Å². The van der Waals surface area contributed by atoms with E-state index in [0.29, 0.717) is 11.3 Å². The van der Waals surface area contributed by atoms with E-state index >= 15 is 0 Å². The molecular weight excluding hydrogens is 404 g/mol. The topological polar surface area (TPSA) is 84.9 Å². The number of hydrogen-bond acceptors (Lipinski definition) is 5. The second-order valence-corrected chi connectivity index (χ2v) is 8.86. The van der Waals surface area contributed by atoms with Gasteiger partial charge in [0.2, 0.25) is 0 Å². The highest BCUT2D eigenvalue weighted by molar-refractivity contribution is 7.87. The van der Waals surface area contributed by atoms with Crippen LogP contribution in [0.5, 0.6) is 11.5 Å². The van der Waals surface area contributed by atoms with Crippen LogP contribution in [0.2, 0.25) is 0 Å². The van der Waals surface area contributed by atoms with Crippen LogP contribution in [-0.2, 0) is 16.7 Å². The number of carbonyl (C=O) groups is 1. The first-order chi connectivity index (χ1) is 14.2. The molecule has 1 N–H and O–H groups in total. The SMILES string of the molecule is CC[C@H](C)N(Cc1ccccc1OS(=O)(=O)c1ccc(OC)cc1)C(=O)NC(C)C. The van der Waals surface area contributed by atoms with Gasteiger partial charge in [-0.3, -0.25) is 0 Å². The van der Waals surface area contributed by atoms with E-state index in [1.165, 1.54) is 19.2 Å². The molecule has 8 heteroatoms. The zero-order valence-electron chi connectivity index (χ0n) is 18.1. The lowest BCUT2D eigenvalue weighted by molar-refractivity contribution is 0.170. The van der Waals surface area contributed by atoms with Crippen LogP contribution in [0.25, 0.3) is 0 Å². The van der Waals surface area contributed by atoms with Crippen molar-refractivity contribution in [2.24, 2.45) is 0 Å². The molecule has 2 aromatic carbocycles. The van der Waals surface area contributed by atoms with Gasteiger partial charge in [-0.1, -0.05) is 25.1 Å². The summed E-state index contributed by atoms with van der Waals surface area (Å²) in [5.41, 5.74) is 0.605. The lowest BCUT2D eigenvalue weighted by atomic mass is 10.1. The second kappa shape index (κ2) is 10.3. The van der Waals surface area contributed by atoms with E-state index < -0.39 is 10.1 Å². The second-order valence-electron chi connectivity index (χ2n) is 7.31. The van der Waals surface area contributed by atoms with Crippen LogP contribution in [0, 0.1) is 0 Å². The number of carbonyl (C=O) groups excluding carboxylic acids is 1. The molecule has 0 saturated carbocycles. The Bertz CT molecular complexity index is 942. The lowest BCUT2D eigenvalue weighted by Gasteiger charge is -2.30. The smallest absolute Gasteiger partial charge is 0.339 e. The van der Waals surface area contributed by atoms with Crippen LogP contribution in [0.4, 0.5) is 4.79 Å². The van der Waals surface area contributed by atoms with Crippen LogP contribution in [0.15, 0.2) is 53.4 Å². The van der Waals surface area contributed by atoms with E-state index in [2.05, 4.69) is 5.32 Å². The zero-order valence-corrected chi connectivity index (χ0v) is 18.9. The third-order valence-corrected chi connectivity index (χ3v) is 5.91. The van der Waals surface area contributed by atoms with Gasteiger partial charge in [0.1, 0.15) is 16.4 Å². The summed E-state index contributed by atoms with van der Waals surface area (Å²) < 4.78 is 36.0. The van der Waals surface area contributed by atoms with Gasteiger partial charge in [-0.05, 0) is 57.5 Å². The number of nitrogens with one attached hydrogen (secondary N) is 1. The Balaban J connectivity index is 2.30. The van der Waals surface area contributed by atoms with Gasteiger partial charge in [0.15, 0.2) is 0 Å². The Kier molecular flexibility index (Phi) is 8.11. The average Bonchev–Trinajstić information content (AvgIpc) is 2.71. The standard InChI is InChI=1S/C22H30N2O5S/c1-6-17(4)24(22(25)23-16(2)3)15-18-9-7-8-10-21(18)29-30(26,27)20-13-11-19(28-5)12-14-20/h7-14,16-17H,6,15H2,1-5H3,(H,23,25)/t17-/m0/s1. The maximum atomic E-state index is 12.8. The molecule has 0 aromatic heterocycles. The lowest BCUT2D eigenvalue weighted by Crippen LogP contribution is -2.46. The van der Waals surface area contributed by atoms with E-state index in [9.17, 15) is 13.2 Å². The molecule has 2 aromatic rings. The van der Waals surface area contributed by atoms with Crippen molar-refractivity contribution in [2.75, 3.05) is 7.11 Å². The van der Waals surface area contributed by atoms with Crippen molar-refractivity contribution < 1.29 is 22.1 Å². The number of nitrogens with zero attached hydrogens (tertiary/aromatic N) is 1. The summed E-state index contributed by atoms with van der Waals surface area (Å²) in [7, 11) is -2.53. The van der Waals surface area contributed by atoms with E-state index in [1.54, 1.807) is 41.3 Å². The third-order valence-electron chi connectivity index (χ3n) is 4.66. The van der Waals surface area contributed by atoms with E-state index in [0.717, 1.165) is 6.42 Å². The van der Waals surface area contributed by atoms with Crippen LogP contribution in [0.3, 0.4) is 0 Å². The number of hydrogen-bond donors (Lipinski definition) is 1. The van der Waals surface area contributed by atoms with Crippen molar-refractivity contribution in [3.63, 3.8) is 0 Å². The maximum absolute atomic E-state index is 12.8. The maximum Gasteiger partial charge on any atom is 0.339 e. The van der Waals surface area contributed by atoms with Gasteiger partial charge in [-0.2, -0.15) is 8.42 Å². The zero-order chi connectivity index (χ0) is 22.3. The molecule has 30 heavy (non-hydrogen) atoms. The summed E-state index contributed by atoms with van der Waals surface area (Å²) >= 11 is 0. The minimum absolute atomic E-state index is 0.00833. The quantitative estimate of drug-likeness (QED) is 0.599. The first-order valence-corrected chi connectivity index (χ1v) is 11.3.